The van der Waals surface area contributed by atoms with Crippen LogP contribution in [0.5, 0.6) is 0 Å². The summed E-state index contributed by atoms with van der Waals surface area (Å²) >= 11 is 0. The van der Waals surface area contributed by atoms with Gasteiger partial charge in [-0.1, -0.05) is 18.9 Å². The van der Waals surface area contributed by atoms with Gasteiger partial charge in [-0.15, -0.1) is 0 Å². The van der Waals surface area contributed by atoms with Crippen molar-refractivity contribution < 1.29 is 4.79 Å². The normalized spacial score (nSPS) is 24.0. The molecule has 2 fully saturated rings. The van der Waals surface area contributed by atoms with E-state index in [9.17, 15) is 4.79 Å². The molecule has 0 saturated carbocycles. The van der Waals surface area contributed by atoms with Crippen molar-refractivity contribution in [1.82, 2.24) is 20.1 Å². The number of amides is 1. The maximum absolute atomic E-state index is 12.9. The number of carbonyl (C=O) groups is 1. The number of rotatable bonds is 6. The summed E-state index contributed by atoms with van der Waals surface area (Å²) in [5.74, 6) is 0.202. The molecule has 25 heavy (non-hydrogen) atoms. The van der Waals surface area contributed by atoms with Gasteiger partial charge in [-0.2, -0.15) is 0 Å². The number of nitrogens with one attached hydrogen (secondary N) is 1. The molecule has 0 bridgehead atoms. The molecule has 5 heteroatoms. The first-order valence-electron chi connectivity index (χ1n) is 9.88. The largest absolute Gasteiger partial charge is 0.351 e. The number of piperidine rings is 2. The minimum Gasteiger partial charge on any atom is -0.351 e. The van der Waals surface area contributed by atoms with Gasteiger partial charge < -0.3 is 10.2 Å². The Bertz CT molecular complexity index is 530. The summed E-state index contributed by atoms with van der Waals surface area (Å²) in [6, 6.07) is 4.27. The number of hydrogen-bond donors (Lipinski definition) is 1. The molecular weight excluding hydrogens is 312 g/mol. The van der Waals surface area contributed by atoms with Crippen molar-refractivity contribution in [2.45, 2.75) is 64.1 Å². The number of pyridine rings is 1. The first-order valence-corrected chi connectivity index (χ1v) is 9.88. The number of nitrogens with zero attached hydrogens (tertiary/aromatic N) is 3. The quantitative estimate of drug-likeness (QED) is 0.861. The summed E-state index contributed by atoms with van der Waals surface area (Å²) in [6.45, 7) is 7.27. The Kier molecular flexibility index (Phi) is 6.82. The molecular formula is C20H32N4O. The highest BCUT2D eigenvalue weighted by Gasteiger charge is 2.29. The lowest BCUT2D eigenvalue weighted by Gasteiger charge is -2.36. The van der Waals surface area contributed by atoms with Gasteiger partial charge in [0.2, 0.25) is 5.91 Å². The zero-order valence-corrected chi connectivity index (χ0v) is 15.5. The minimum atomic E-state index is -0.00207. The minimum absolute atomic E-state index is 0.00207. The summed E-state index contributed by atoms with van der Waals surface area (Å²) in [6.07, 6.45) is 10.9. The number of aromatic nitrogens is 1. The summed E-state index contributed by atoms with van der Waals surface area (Å²) in [5.41, 5.74) is 1.18. The summed E-state index contributed by atoms with van der Waals surface area (Å²) in [4.78, 5) is 21.9. The smallest absolute Gasteiger partial charge is 0.237 e. The fourth-order valence-electron chi connectivity index (χ4n) is 4.12. The highest BCUT2D eigenvalue weighted by atomic mass is 16.2. The second kappa shape index (κ2) is 9.30. The van der Waals surface area contributed by atoms with Crippen molar-refractivity contribution in [3.05, 3.63) is 30.1 Å². The van der Waals surface area contributed by atoms with Crippen LogP contribution in [0, 0.1) is 0 Å². The zero-order valence-electron chi connectivity index (χ0n) is 15.5. The summed E-state index contributed by atoms with van der Waals surface area (Å²) in [7, 11) is 0. The van der Waals surface area contributed by atoms with Gasteiger partial charge >= 0.3 is 0 Å². The van der Waals surface area contributed by atoms with Crippen molar-refractivity contribution in [3.8, 4) is 0 Å². The van der Waals surface area contributed by atoms with Gasteiger partial charge in [0.1, 0.15) is 0 Å². The van der Waals surface area contributed by atoms with Crippen LogP contribution >= 0.6 is 0 Å². The lowest BCUT2D eigenvalue weighted by Crippen LogP contribution is -2.53. The third kappa shape index (κ3) is 5.51. The summed E-state index contributed by atoms with van der Waals surface area (Å²) < 4.78 is 0. The molecule has 0 aromatic carbocycles. The van der Waals surface area contributed by atoms with Gasteiger partial charge in [-0.25, -0.2) is 0 Å². The Morgan fingerprint density at radius 1 is 1.24 bits per heavy atom. The molecule has 2 saturated heterocycles. The van der Waals surface area contributed by atoms with E-state index in [1.807, 2.05) is 12.3 Å². The highest BCUT2D eigenvalue weighted by Crippen LogP contribution is 2.20. The highest BCUT2D eigenvalue weighted by molar-refractivity contribution is 5.82. The van der Waals surface area contributed by atoms with Crippen molar-refractivity contribution in [1.29, 1.82) is 0 Å². The van der Waals surface area contributed by atoms with Gasteiger partial charge in [0.15, 0.2) is 0 Å². The van der Waals surface area contributed by atoms with E-state index in [1.165, 1.54) is 44.3 Å². The van der Waals surface area contributed by atoms with Crippen LogP contribution < -0.4 is 5.32 Å². The van der Waals surface area contributed by atoms with E-state index >= 15 is 0 Å². The van der Waals surface area contributed by atoms with E-state index in [1.54, 1.807) is 6.20 Å². The van der Waals surface area contributed by atoms with E-state index in [4.69, 9.17) is 0 Å². The van der Waals surface area contributed by atoms with E-state index in [0.717, 1.165) is 32.5 Å². The summed E-state index contributed by atoms with van der Waals surface area (Å²) in [5, 5.41) is 3.27. The van der Waals surface area contributed by atoms with E-state index in [0.29, 0.717) is 0 Å². The molecule has 0 spiro atoms. The van der Waals surface area contributed by atoms with Crippen LogP contribution in [0.25, 0.3) is 0 Å². The van der Waals surface area contributed by atoms with E-state index < -0.39 is 0 Å². The average Bonchev–Trinajstić information content (AvgIpc) is 2.63. The van der Waals surface area contributed by atoms with Gasteiger partial charge in [0.25, 0.3) is 0 Å². The lowest BCUT2D eigenvalue weighted by molar-refractivity contribution is -0.128. The molecule has 3 heterocycles. The molecule has 5 nitrogen and oxygen atoms in total. The molecule has 1 aromatic rings. The molecule has 138 valence electrons. The van der Waals surface area contributed by atoms with Gasteiger partial charge in [-0.05, 0) is 63.9 Å². The van der Waals surface area contributed by atoms with Crippen LogP contribution in [0.1, 0.15) is 51.0 Å². The van der Waals surface area contributed by atoms with Crippen molar-refractivity contribution in [2.75, 3.05) is 26.2 Å². The third-order valence-corrected chi connectivity index (χ3v) is 5.39. The predicted molar refractivity (Wildman–Crippen MR) is 100 cm³/mol. The lowest BCUT2D eigenvalue weighted by atomic mass is 10.00. The molecule has 2 aliphatic rings. The van der Waals surface area contributed by atoms with Crippen molar-refractivity contribution in [3.63, 3.8) is 0 Å². The number of likely N-dealkylation sites (tertiary alicyclic amines) is 2. The van der Waals surface area contributed by atoms with E-state index in [-0.39, 0.29) is 18.0 Å². The third-order valence-electron chi connectivity index (χ3n) is 5.39. The average molecular weight is 345 g/mol. The second-order valence-electron chi connectivity index (χ2n) is 7.61. The fraction of sp³-hybridized carbons (Fsp3) is 0.700. The Morgan fingerprint density at radius 3 is 2.80 bits per heavy atom. The van der Waals surface area contributed by atoms with Crippen LogP contribution in [-0.2, 0) is 11.3 Å². The molecule has 2 aliphatic heterocycles. The molecule has 1 aromatic heterocycles. The predicted octanol–water partition coefficient (Wildman–Crippen LogP) is 2.43. The van der Waals surface area contributed by atoms with Crippen molar-refractivity contribution >= 4 is 5.91 Å². The topological polar surface area (TPSA) is 48.5 Å². The molecule has 2 unspecified atom stereocenters. The number of hydrogen-bond acceptors (Lipinski definition) is 4. The standard InChI is InChI=1S/C20H32N4O/c1-17(15-23-11-4-2-5-12-23)22-20(25)19-9-3-6-13-24(19)16-18-8-7-10-21-14-18/h7-8,10,14,17,19H,2-6,9,11-13,15-16H2,1H3,(H,22,25). The Morgan fingerprint density at radius 2 is 2.04 bits per heavy atom. The molecule has 1 N–H and O–H groups in total. The van der Waals surface area contributed by atoms with Crippen LogP contribution in [-0.4, -0.2) is 59.0 Å². The van der Waals surface area contributed by atoms with Crippen molar-refractivity contribution in [2.24, 2.45) is 0 Å². The molecule has 2 atom stereocenters. The molecule has 1 amide bonds. The molecule has 0 aliphatic carbocycles. The van der Waals surface area contributed by atoms with Crippen LogP contribution in [0.15, 0.2) is 24.5 Å². The molecule has 3 rings (SSSR count). The Labute approximate surface area is 151 Å². The SMILES string of the molecule is CC(CN1CCCCC1)NC(=O)C1CCCCN1Cc1cccnc1. The maximum Gasteiger partial charge on any atom is 0.237 e. The maximum atomic E-state index is 12.9. The zero-order chi connectivity index (χ0) is 17.5. The molecule has 0 radical (unpaired) electrons. The van der Waals surface area contributed by atoms with Gasteiger partial charge in [0, 0.05) is 31.5 Å². The first-order chi connectivity index (χ1) is 12.2. The Hall–Kier alpha value is -1.46. The van der Waals surface area contributed by atoms with Crippen LogP contribution in [0.3, 0.4) is 0 Å². The Balaban J connectivity index is 1.52. The van der Waals surface area contributed by atoms with Crippen LogP contribution in [0.2, 0.25) is 0 Å². The van der Waals surface area contributed by atoms with Gasteiger partial charge in [0.05, 0.1) is 6.04 Å². The fourth-order valence-corrected chi connectivity index (χ4v) is 4.12. The number of carbonyl (C=O) groups excluding carboxylic acids is 1. The second-order valence-corrected chi connectivity index (χ2v) is 7.61. The monoisotopic (exact) mass is 344 g/mol. The van der Waals surface area contributed by atoms with Gasteiger partial charge in [-0.3, -0.25) is 14.7 Å². The first kappa shape index (κ1) is 18.3. The van der Waals surface area contributed by atoms with Crippen LogP contribution in [0.4, 0.5) is 0 Å². The van der Waals surface area contributed by atoms with E-state index in [2.05, 4.69) is 33.1 Å².